The van der Waals surface area contributed by atoms with Crippen LogP contribution in [0.25, 0.3) is 10.9 Å². The van der Waals surface area contributed by atoms with Crippen molar-refractivity contribution in [3.05, 3.63) is 59.5 Å². The molecule has 1 fully saturated rings. The van der Waals surface area contributed by atoms with E-state index in [1.807, 2.05) is 0 Å². The van der Waals surface area contributed by atoms with Crippen LogP contribution in [0.3, 0.4) is 0 Å². The number of aromatic nitrogens is 1. The number of nitrogens with one attached hydrogen (secondary N) is 1. The zero-order valence-corrected chi connectivity index (χ0v) is 17.0. The van der Waals surface area contributed by atoms with Gasteiger partial charge in [0.05, 0.1) is 27.4 Å². The van der Waals surface area contributed by atoms with Crippen molar-refractivity contribution in [1.82, 2.24) is 9.29 Å². The number of aryl methyl sites for hydroxylation is 1. The second-order valence-corrected chi connectivity index (χ2v) is 9.14. The summed E-state index contributed by atoms with van der Waals surface area (Å²) in [5, 5.41) is 13.3. The van der Waals surface area contributed by atoms with Crippen molar-refractivity contribution in [2.75, 3.05) is 18.4 Å². The molecule has 0 bridgehead atoms. The van der Waals surface area contributed by atoms with Gasteiger partial charge in [0.15, 0.2) is 0 Å². The van der Waals surface area contributed by atoms with Crippen LogP contribution in [0.4, 0.5) is 10.1 Å². The molecule has 156 valence electrons. The predicted molar refractivity (Wildman–Crippen MR) is 110 cm³/mol. The predicted octanol–water partition coefficient (Wildman–Crippen LogP) is 3.42. The molecule has 9 heteroatoms. The molecule has 2 aromatic carbocycles. The van der Waals surface area contributed by atoms with E-state index < -0.39 is 21.7 Å². The molecule has 0 saturated carbocycles. The van der Waals surface area contributed by atoms with E-state index in [1.54, 1.807) is 13.0 Å². The Morgan fingerprint density at radius 3 is 2.60 bits per heavy atom. The van der Waals surface area contributed by atoms with Gasteiger partial charge in [-0.1, -0.05) is 0 Å². The molecule has 0 radical (unpaired) electrons. The van der Waals surface area contributed by atoms with E-state index in [0.717, 1.165) is 12.8 Å². The molecular formula is C21H20FN3O4S. The average molecular weight is 429 g/mol. The molecule has 1 aromatic heterocycles. The number of fused-ring (bicyclic) bond motifs is 1. The van der Waals surface area contributed by atoms with Gasteiger partial charge in [-0.15, -0.1) is 0 Å². The smallest absolute Gasteiger partial charge is 0.257 e. The Morgan fingerprint density at radius 1 is 1.13 bits per heavy atom. The molecule has 7 nitrogen and oxygen atoms in total. The first kappa shape index (κ1) is 20.2. The van der Waals surface area contributed by atoms with Crippen LogP contribution in [0.15, 0.2) is 47.4 Å². The summed E-state index contributed by atoms with van der Waals surface area (Å²) < 4.78 is 40.3. The number of amides is 1. The number of hydrogen-bond donors (Lipinski definition) is 2. The largest absolute Gasteiger partial charge is 0.506 e. The van der Waals surface area contributed by atoms with Gasteiger partial charge in [0.2, 0.25) is 10.0 Å². The number of sulfonamides is 1. The number of anilines is 1. The maximum atomic E-state index is 13.4. The topological polar surface area (TPSA) is 99.6 Å². The van der Waals surface area contributed by atoms with Crippen LogP contribution in [-0.2, 0) is 10.0 Å². The number of pyridine rings is 1. The molecule has 0 spiro atoms. The Kier molecular flexibility index (Phi) is 5.17. The highest BCUT2D eigenvalue weighted by molar-refractivity contribution is 7.89. The van der Waals surface area contributed by atoms with Crippen LogP contribution in [0.1, 0.15) is 28.9 Å². The first-order chi connectivity index (χ1) is 14.3. The minimum atomic E-state index is -3.70. The van der Waals surface area contributed by atoms with E-state index in [9.17, 15) is 22.7 Å². The normalized spacial score (nSPS) is 14.9. The van der Waals surface area contributed by atoms with Gasteiger partial charge in [-0.05, 0) is 56.2 Å². The van der Waals surface area contributed by atoms with Crippen molar-refractivity contribution in [3.63, 3.8) is 0 Å². The van der Waals surface area contributed by atoms with Crippen molar-refractivity contribution < 1.29 is 22.7 Å². The van der Waals surface area contributed by atoms with Crippen molar-refractivity contribution in [2.45, 2.75) is 24.7 Å². The summed E-state index contributed by atoms with van der Waals surface area (Å²) in [4.78, 5) is 17.1. The molecular weight excluding hydrogens is 409 g/mol. The lowest BCUT2D eigenvalue weighted by molar-refractivity contribution is 0.102. The Balaban J connectivity index is 1.66. The van der Waals surface area contributed by atoms with Gasteiger partial charge in [0, 0.05) is 24.5 Å². The van der Waals surface area contributed by atoms with Gasteiger partial charge in [-0.25, -0.2) is 12.8 Å². The maximum absolute atomic E-state index is 13.4. The van der Waals surface area contributed by atoms with E-state index in [1.165, 1.54) is 40.7 Å². The molecule has 1 aliphatic rings. The quantitative estimate of drug-likeness (QED) is 0.619. The van der Waals surface area contributed by atoms with Crippen molar-refractivity contribution in [3.8, 4) is 5.75 Å². The maximum Gasteiger partial charge on any atom is 0.257 e. The number of phenolic OH excluding ortho intramolecular Hbond substituents is 1. The van der Waals surface area contributed by atoms with Gasteiger partial charge in [-0.3, -0.25) is 9.78 Å². The number of nitrogens with zero attached hydrogens (tertiary/aromatic N) is 2. The summed E-state index contributed by atoms with van der Waals surface area (Å²) in [5.74, 6) is -1.23. The SMILES string of the molecule is Cc1nc2cc(F)ccc2cc1C(=O)Nc1cc(S(=O)(=O)N2CCCC2)ccc1O. The molecule has 4 rings (SSSR count). The molecule has 2 heterocycles. The van der Waals surface area contributed by atoms with Gasteiger partial charge in [0.25, 0.3) is 5.91 Å². The van der Waals surface area contributed by atoms with E-state index in [4.69, 9.17) is 0 Å². The molecule has 0 unspecified atom stereocenters. The van der Waals surface area contributed by atoms with Crippen molar-refractivity contribution in [1.29, 1.82) is 0 Å². The summed E-state index contributed by atoms with van der Waals surface area (Å²) in [7, 11) is -3.70. The van der Waals surface area contributed by atoms with Crippen molar-refractivity contribution in [2.24, 2.45) is 0 Å². The summed E-state index contributed by atoms with van der Waals surface area (Å²) in [6.07, 6.45) is 1.61. The lowest BCUT2D eigenvalue weighted by Crippen LogP contribution is -2.28. The van der Waals surface area contributed by atoms with Gasteiger partial charge in [0.1, 0.15) is 11.6 Å². The fourth-order valence-electron chi connectivity index (χ4n) is 3.51. The Hall–Kier alpha value is -3.04. The van der Waals surface area contributed by atoms with Crippen LogP contribution in [0.2, 0.25) is 0 Å². The van der Waals surface area contributed by atoms with Gasteiger partial charge < -0.3 is 10.4 Å². The molecule has 3 aromatic rings. The third-order valence-electron chi connectivity index (χ3n) is 5.13. The first-order valence-corrected chi connectivity index (χ1v) is 10.9. The lowest BCUT2D eigenvalue weighted by Gasteiger charge is -2.17. The van der Waals surface area contributed by atoms with Crippen molar-refractivity contribution >= 4 is 32.5 Å². The number of carbonyl (C=O) groups is 1. The van der Waals surface area contributed by atoms with E-state index in [2.05, 4.69) is 10.3 Å². The first-order valence-electron chi connectivity index (χ1n) is 9.47. The standard InChI is InChI=1S/C21H20FN3O4S/c1-13-17(10-14-4-5-15(22)11-18(14)23-13)21(27)24-19-12-16(6-7-20(19)26)30(28,29)25-8-2-3-9-25/h4-7,10-12,26H,2-3,8-9H2,1H3,(H,24,27). The monoisotopic (exact) mass is 429 g/mol. The molecule has 2 N–H and O–H groups in total. The molecule has 30 heavy (non-hydrogen) atoms. The zero-order valence-electron chi connectivity index (χ0n) is 16.2. The number of hydrogen-bond acceptors (Lipinski definition) is 5. The summed E-state index contributed by atoms with van der Waals surface area (Å²) in [5.41, 5.74) is 1.02. The number of carbonyl (C=O) groups excluding carboxylic acids is 1. The number of rotatable bonds is 4. The van der Waals surface area contributed by atoms with E-state index in [-0.39, 0.29) is 21.9 Å². The minimum Gasteiger partial charge on any atom is -0.506 e. The Morgan fingerprint density at radius 2 is 1.87 bits per heavy atom. The second kappa shape index (κ2) is 7.66. The van der Waals surface area contributed by atoms with Gasteiger partial charge >= 0.3 is 0 Å². The number of halogens is 1. The second-order valence-electron chi connectivity index (χ2n) is 7.20. The van der Waals surface area contributed by atoms with E-state index in [0.29, 0.717) is 29.7 Å². The highest BCUT2D eigenvalue weighted by atomic mass is 32.2. The van der Waals surface area contributed by atoms with Crippen LogP contribution >= 0.6 is 0 Å². The van der Waals surface area contributed by atoms with Gasteiger partial charge in [-0.2, -0.15) is 4.31 Å². The highest BCUT2D eigenvalue weighted by Crippen LogP contribution is 2.30. The fourth-order valence-corrected chi connectivity index (χ4v) is 5.05. The summed E-state index contributed by atoms with van der Waals surface area (Å²) >= 11 is 0. The number of aromatic hydroxyl groups is 1. The Labute approximate surface area is 173 Å². The minimum absolute atomic E-state index is 0.00123. The summed E-state index contributed by atoms with van der Waals surface area (Å²) in [6.45, 7) is 2.52. The summed E-state index contributed by atoms with van der Waals surface area (Å²) in [6, 6.07) is 9.47. The number of phenols is 1. The average Bonchev–Trinajstić information content (AvgIpc) is 3.24. The third-order valence-corrected chi connectivity index (χ3v) is 7.03. The van der Waals surface area contributed by atoms with Crippen LogP contribution in [0.5, 0.6) is 5.75 Å². The fraction of sp³-hybridized carbons (Fsp3) is 0.238. The van der Waals surface area contributed by atoms with Crippen LogP contribution in [0, 0.1) is 12.7 Å². The number of benzene rings is 2. The third kappa shape index (κ3) is 3.73. The lowest BCUT2D eigenvalue weighted by atomic mass is 10.1. The molecule has 0 aliphatic carbocycles. The molecule has 0 atom stereocenters. The van der Waals surface area contributed by atoms with Crippen LogP contribution in [-0.4, -0.2) is 41.8 Å². The Bertz CT molecular complexity index is 1250. The highest BCUT2D eigenvalue weighted by Gasteiger charge is 2.28. The molecule has 1 saturated heterocycles. The van der Waals surface area contributed by atoms with E-state index >= 15 is 0 Å². The molecule has 1 aliphatic heterocycles. The zero-order chi connectivity index (χ0) is 21.5. The van der Waals surface area contributed by atoms with Crippen LogP contribution < -0.4 is 5.32 Å². The molecule has 1 amide bonds.